The average Bonchev–Trinajstić information content (AvgIpc) is 3.69. The van der Waals surface area contributed by atoms with Crippen LogP contribution in [0.2, 0.25) is 0 Å². The minimum Gasteiger partial charge on any atom is -0.494 e. The summed E-state index contributed by atoms with van der Waals surface area (Å²) in [6.45, 7) is 12.0. The molecule has 290 valence electrons. The van der Waals surface area contributed by atoms with Crippen molar-refractivity contribution in [3.8, 4) is 22.6 Å². The standard InChI is InChI=1S/C47H53N5O4/c1-47(2,3)56-40-19-21-42-36(30-40)14-20-41(34-8-5-4-6-9-34)45(42)35-12-17-39(18-13-35)55-29-7-24-50-25-27-51(28-26-50)38-15-10-33(11-16-38)37-31-48-52(32-37)43-22-23-44(53)49-46(43)54/h4-6,8-13,15-19,21,30-32,41,43,45H,7,14,20,22-29H2,1-3H3,(H,49,53,54)/t41-,43?,45+/m1/s1. The van der Waals surface area contributed by atoms with Gasteiger partial charge in [-0.2, -0.15) is 5.10 Å². The van der Waals surface area contributed by atoms with Gasteiger partial charge in [0.25, 0.3) is 5.91 Å². The summed E-state index contributed by atoms with van der Waals surface area (Å²) in [6, 6.07) is 34.6. The summed E-state index contributed by atoms with van der Waals surface area (Å²) >= 11 is 0. The van der Waals surface area contributed by atoms with Gasteiger partial charge in [0.2, 0.25) is 5.91 Å². The molecule has 3 atom stereocenters. The van der Waals surface area contributed by atoms with E-state index in [2.05, 4.69) is 138 Å². The van der Waals surface area contributed by atoms with E-state index in [1.54, 1.807) is 10.9 Å². The highest BCUT2D eigenvalue weighted by molar-refractivity contribution is 5.99. The van der Waals surface area contributed by atoms with Crippen LogP contribution in [-0.4, -0.2) is 71.4 Å². The summed E-state index contributed by atoms with van der Waals surface area (Å²) in [7, 11) is 0. The van der Waals surface area contributed by atoms with E-state index in [1.165, 1.54) is 27.9 Å². The zero-order valence-electron chi connectivity index (χ0n) is 32.8. The van der Waals surface area contributed by atoms with Crippen molar-refractivity contribution in [2.24, 2.45) is 0 Å². The number of rotatable bonds is 11. The first-order valence-corrected chi connectivity index (χ1v) is 20.2. The van der Waals surface area contributed by atoms with E-state index in [-0.39, 0.29) is 23.3 Å². The van der Waals surface area contributed by atoms with Crippen LogP contribution >= 0.6 is 0 Å². The number of hydrogen-bond donors (Lipinski definition) is 1. The van der Waals surface area contributed by atoms with E-state index >= 15 is 0 Å². The van der Waals surface area contributed by atoms with Crippen LogP contribution in [0.4, 0.5) is 5.69 Å². The Bertz CT molecular complexity index is 2110. The number of piperazine rings is 1. The maximum Gasteiger partial charge on any atom is 0.251 e. The minimum atomic E-state index is -0.446. The summed E-state index contributed by atoms with van der Waals surface area (Å²) in [5.74, 6) is 2.04. The first kappa shape index (κ1) is 37.5. The van der Waals surface area contributed by atoms with Crippen molar-refractivity contribution in [2.75, 3.05) is 44.2 Å². The summed E-state index contributed by atoms with van der Waals surface area (Å²) in [6.07, 6.45) is 7.61. The molecule has 1 aromatic heterocycles. The Morgan fingerprint density at radius 2 is 1.54 bits per heavy atom. The van der Waals surface area contributed by atoms with E-state index in [9.17, 15) is 9.59 Å². The summed E-state index contributed by atoms with van der Waals surface area (Å²) in [5.41, 5.74) is 8.49. The largest absolute Gasteiger partial charge is 0.494 e. The lowest BCUT2D eigenvalue weighted by molar-refractivity contribution is -0.135. The van der Waals surface area contributed by atoms with Crippen molar-refractivity contribution in [3.63, 3.8) is 0 Å². The van der Waals surface area contributed by atoms with Crippen LogP contribution in [-0.2, 0) is 16.0 Å². The fraction of sp³-hybridized carbons (Fsp3) is 0.383. The molecule has 2 amide bonds. The molecule has 0 bridgehead atoms. The molecule has 1 N–H and O–H groups in total. The van der Waals surface area contributed by atoms with Gasteiger partial charge in [-0.05, 0) is 117 Å². The quantitative estimate of drug-likeness (QED) is 0.108. The number of hydrogen-bond acceptors (Lipinski definition) is 7. The number of aromatic nitrogens is 2. The average molecular weight is 752 g/mol. The number of benzene rings is 4. The van der Waals surface area contributed by atoms with Crippen molar-refractivity contribution in [1.82, 2.24) is 20.0 Å². The Morgan fingerprint density at radius 1 is 0.786 bits per heavy atom. The van der Waals surface area contributed by atoms with E-state index in [4.69, 9.17) is 9.47 Å². The monoisotopic (exact) mass is 751 g/mol. The fourth-order valence-electron chi connectivity index (χ4n) is 8.62. The number of nitrogens with one attached hydrogen (secondary N) is 1. The topological polar surface area (TPSA) is 88.9 Å². The third-order valence-corrected chi connectivity index (χ3v) is 11.4. The van der Waals surface area contributed by atoms with Crippen molar-refractivity contribution in [3.05, 3.63) is 132 Å². The molecule has 3 heterocycles. The van der Waals surface area contributed by atoms with Crippen LogP contribution in [0.3, 0.4) is 0 Å². The van der Waals surface area contributed by atoms with E-state index in [0.29, 0.717) is 25.4 Å². The SMILES string of the molecule is CC(C)(C)Oc1ccc2c(c1)CC[C@H](c1ccccc1)[C@@H]2c1ccc(OCCCN2CCN(c3ccc(-c4cnn(C5CCC(=O)NC5=O)c4)cc3)CC2)cc1. The number of ether oxygens (including phenoxy) is 2. The van der Waals surface area contributed by atoms with Gasteiger partial charge >= 0.3 is 0 Å². The number of aryl methyl sites for hydroxylation is 1. The van der Waals surface area contributed by atoms with E-state index in [0.717, 1.165) is 74.6 Å². The molecular formula is C47H53N5O4. The first-order valence-electron chi connectivity index (χ1n) is 20.2. The van der Waals surface area contributed by atoms with Gasteiger partial charge in [0.1, 0.15) is 23.1 Å². The van der Waals surface area contributed by atoms with Gasteiger partial charge in [-0.1, -0.05) is 60.7 Å². The van der Waals surface area contributed by atoms with Crippen LogP contribution in [0.25, 0.3) is 11.1 Å². The molecule has 56 heavy (non-hydrogen) atoms. The molecular weight excluding hydrogens is 699 g/mol. The van der Waals surface area contributed by atoms with Crippen LogP contribution in [0.5, 0.6) is 11.5 Å². The summed E-state index contributed by atoms with van der Waals surface area (Å²) in [5, 5.41) is 6.84. The van der Waals surface area contributed by atoms with Crippen molar-refractivity contribution < 1.29 is 19.1 Å². The third-order valence-electron chi connectivity index (χ3n) is 11.4. The second kappa shape index (κ2) is 16.4. The Morgan fingerprint density at radius 3 is 2.27 bits per heavy atom. The zero-order valence-corrected chi connectivity index (χ0v) is 32.8. The highest BCUT2D eigenvalue weighted by Crippen LogP contribution is 2.47. The molecule has 4 aromatic carbocycles. The Hall–Kier alpha value is -5.41. The van der Waals surface area contributed by atoms with Gasteiger partial charge in [-0.3, -0.25) is 24.5 Å². The minimum absolute atomic E-state index is 0.220. The molecule has 0 radical (unpaired) electrons. The molecule has 9 heteroatoms. The molecule has 3 aliphatic rings. The van der Waals surface area contributed by atoms with Crippen LogP contribution in [0.15, 0.2) is 109 Å². The van der Waals surface area contributed by atoms with Crippen LogP contribution < -0.4 is 19.7 Å². The number of fused-ring (bicyclic) bond motifs is 1. The summed E-state index contributed by atoms with van der Waals surface area (Å²) < 4.78 is 14.2. The van der Waals surface area contributed by atoms with Gasteiger partial charge in [-0.15, -0.1) is 0 Å². The van der Waals surface area contributed by atoms with E-state index < -0.39 is 6.04 Å². The van der Waals surface area contributed by atoms with Gasteiger partial charge in [0, 0.05) is 62.5 Å². The molecule has 0 saturated carbocycles. The third kappa shape index (κ3) is 8.68. The number of amides is 2. The van der Waals surface area contributed by atoms with Crippen LogP contribution in [0.1, 0.15) is 86.6 Å². The highest BCUT2D eigenvalue weighted by Gasteiger charge is 2.33. The zero-order chi connectivity index (χ0) is 38.6. The number of imide groups is 1. The lowest BCUT2D eigenvalue weighted by Crippen LogP contribution is -2.46. The van der Waals surface area contributed by atoms with Crippen molar-refractivity contribution >= 4 is 17.5 Å². The Labute approximate surface area is 330 Å². The number of carbonyl (C=O) groups excluding carboxylic acids is 2. The molecule has 8 rings (SSSR count). The van der Waals surface area contributed by atoms with Gasteiger partial charge in [-0.25, -0.2) is 0 Å². The Kier molecular flexibility index (Phi) is 11.0. The fourth-order valence-corrected chi connectivity index (χ4v) is 8.62. The van der Waals surface area contributed by atoms with Crippen LogP contribution in [0, 0.1) is 0 Å². The molecule has 1 aliphatic carbocycles. The number of nitrogens with zero attached hydrogens (tertiary/aromatic N) is 4. The second-order valence-electron chi connectivity index (χ2n) is 16.4. The molecule has 2 aliphatic heterocycles. The lowest BCUT2D eigenvalue weighted by Gasteiger charge is -2.36. The maximum atomic E-state index is 12.3. The molecule has 1 unspecified atom stereocenters. The normalized spacial score (nSPS) is 20.3. The molecule has 2 saturated heterocycles. The van der Waals surface area contributed by atoms with Gasteiger partial charge < -0.3 is 14.4 Å². The summed E-state index contributed by atoms with van der Waals surface area (Å²) in [4.78, 5) is 28.8. The second-order valence-corrected chi connectivity index (χ2v) is 16.4. The highest BCUT2D eigenvalue weighted by atomic mass is 16.5. The molecule has 5 aromatic rings. The predicted molar refractivity (Wildman–Crippen MR) is 220 cm³/mol. The van der Waals surface area contributed by atoms with E-state index in [1.807, 2.05) is 6.20 Å². The Balaban J connectivity index is 0.818. The predicted octanol–water partition coefficient (Wildman–Crippen LogP) is 8.16. The maximum absolute atomic E-state index is 12.3. The molecule has 9 nitrogen and oxygen atoms in total. The molecule has 0 spiro atoms. The van der Waals surface area contributed by atoms with Gasteiger partial charge in [0.15, 0.2) is 0 Å². The molecule has 2 fully saturated rings. The number of piperidine rings is 1. The van der Waals surface area contributed by atoms with Crippen molar-refractivity contribution in [2.45, 2.75) is 76.4 Å². The van der Waals surface area contributed by atoms with Crippen molar-refractivity contribution in [1.29, 1.82) is 0 Å². The van der Waals surface area contributed by atoms with Gasteiger partial charge in [0.05, 0.1) is 12.8 Å². The number of carbonyl (C=O) groups is 2. The smallest absolute Gasteiger partial charge is 0.251 e. The lowest BCUT2D eigenvalue weighted by atomic mass is 9.69. The number of anilines is 1. The first-order chi connectivity index (χ1) is 27.2.